The van der Waals surface area contributed by atoms with E-state index < -0.39 is 5.82 Å². The quantitative estimate of drug-likeness (QED) is 0.796. The van der Waals surface area contributed by atoms with Gasteiger partial charge in [0.25, 0.3) is 0 Å². The summed E-state index contributed by atoms with van der Waals surface area (Å²) in [5.74, 6) is -0.480. The van der Waals surface area contributed by atoms with Crippen molar-refractivity contribution >= 4 is 23.2 Å². The minimum absolute atomic E-state index is 0.00391. The molecule has 1 aliphatic heterocycles. The van der Waals surface area contributed by atoms with Crippen molar-refractivity contribution in [1.82, 2.24) is 4.90 Å². The lowest BCUT2D eigenvalue weighted by molar-refractivity contribution is -0.124. The largest absolute Gasteiger partial charge is 0.310 e. The molecule has 1 aromatic rings. The number of nitrogens with zero attached hydrogens (tertiary/aromatic N) is 2. The minimum Gasteiger partial charge on any atom is -0.310 e. The van der Waals surface area contributed by atoms with Gasteiger partial charge in [-0.1, -0.05) is 17.7 Å². The topological polar surface area (TPSA) is 23.6 Å². The molecule has 1 saturated heterocycles. The van der Waals surface area contributed by atoms with Crippen molar-refractivity contribution in [3.63, 3.8) is 0 Å². The number of carbonyl (C=O) groups excluding carboxylic acids is 1. The van der Waals surface area contributed by atoms with Gasteiger partial charge >= 0.3 is 0 Å². The molecule has 1 unspecified atom stereocenters. The van der Waals surface area contributed by atoms with Gasteiger partial charge in [0.1, 0.15) is 5.82 Å². The summed E-state index contributed by atoms with van der Waals surface area (Å²) in [4.78, 5) is 16.0. The van der Waals surface area contributed by atoms with Gasteiger partial charge in [0.05, 0.1) is 11.1 Å². The van der Waals surface area contributed by atoms with Crippen LogP contribution in [0.1, 0.15) is 6.92 Å². The summed E-state index contributed by atoms with van der Waals surface area (Å²) in [6.07, 6.45) is 1.79. The number of anilines is 1. The highest BCUT2D eigenvalue weighted by atomic mass is 35.5. The van der Waals surface area contributed by atoms with E-state index in [0.717, 1.165) is 6.54 Å². The summed E-state index contributed by atoms with van der Waals surface area (Å²) in [5.41, 5.74) is 0.640. The van der Waals surface area contributed by atoms with Crippen LogP contribution in [-0.2, 0) is 4.79 Å². The first-order chi connectivity index (χ1) is 9.04. The fourth-order valence-corrected chi connectivity index (χ4v) is 2.41. The standard InChI is InChI=1S/C14H16ClFN2O/c1-3-6-17-7-8-18(14(19)10(17)2)11-4-5-13(16)12(15)9-11/h3-5,9-10H,1,6-8H2,2H3. The van der Waals surface area contributed by atoms with E-state index in [1.54, 1.807) is 17.0 Å². The van der Waals surface area contributed by atoms with Gasteiger partial charge in [-0.3, -0.25) is 9.69 Å². The van der Waals surface area contributed by atoms with Crippen LogP contribution in [0.3, 0.4) is 0 Å². The molecule has 3 nitrogen and oxygen atoms in total. The number of piperazine rings is 1. The fraction of sp³-hybridized carbons (Fsp3) is 0.357. The van der Waals surface area contributed by atoms with Crippen molar-refractivity contribution in [3.8, 4) is 0 Å². The fourth-order valence-electron chi connectivity index (χ4n) is 2.24. The van der Waals surface area contributed by atoms with Crippen LogP contribution >= 0.6 is 11.6 Å². The molecule has 0 radical (unpaired) electrons. The molecule has 0 bridgehead atoms. The lowest BCUT2D eigenvalue weighted by atomic mass is 10.1. The molecule has 1 amide bonds. The summed E-state index contributed by atoms with van der Waals surface area (Å²) in [6, 6.07) is 4.14. The second kappa shape index (κ2) is 5.72. The van der Waals surface area contributed by atoms with Crippen LogP contribution in [0.15, 0.2) is 30.9 Å². The second-order valence-electron chi connectivity index (χ2n) is 4.55. The van der Waals surface area contributed by atoms with Crippen LogP contribution in [0.5, 0.6) is 0 Å². The van der Waals surface area contributed by atoms with Crippen LogP contribution in [0.4, 0.5) is 10.1 Å². The van der Waals surface area contributed by atoms with Crippen molar-refractivity contribution in [3.05, 3.63) is 41.7 Å². The first-order valence-corrected chi connectivity index (χ1v) is 6.53. The Hall–Kier alpha value is -1.39. The van der Waals surface area contributed by atoms with E-state index in [9.17, 15) is 9.18 Å². The summed E-state index contributed by atoms with van der Waals surface area (Å²) in [5, 5.41) is 0.0338. The smallest absolute Gasteiger partial charge is 0.244 e. The Morgan fingerprint density at radius 3 is 2.89 bits per heavy atom. The van der Waals surface area contributed by atoms with E-state index in [2.05, 4.69) is 11.5 Å². The third kappa shape index (κ3) is 2.80. The van der Waals surface area contributed by atoms with Crippen molar-refractivity contribution in [1.29, 1.82) is 0 Å². The van der Waals surface area contributed by atoms with E-state index >= 15 is 0 Å². The molecule has 2 rings (SSSR count). The molecule has 0 aliphatic carbocycles. The summed E-state index contributed by atoms with van der Waals surface area (Å²) >= 11 is 5.76. The van der Waals surface area contributed by atoms with Crippen LogP contribution in [0, 0.1) is 5.82 Å². The normalized spacial score (nSPS) is 20.7. The first-order valence-electron chi connectivity index (χ1n) is 6.16. The zero-order valence-corrected chi connectivity index (χ0v) is 11.5. The Morgan fingerprint density at radius 2 is 2.26 bits per heavy atom. The Labute approximate surface area is 117 Å². The molecular formula is C14H16ClFN2O. The van der Waals surface area contributed by atoms with Crippen molar-refractivity contribution in [2.24, 2.45) is 0 Å². The predicted octanol–water partition coefficient (Wildman–Crippen LogP) is 2.70. The van der Waals surface area contributed by atoms with Gasteiger partial charge in [-0.25, -0.2) is 4.39 Å². The number of amides is 1. The zero-order valence-electron chi connectivity index (χ0n) is 10.8. The van der Waals surface area contributed by atoms with Gasteiger partial charge < -0.3 is 4.90 Å². The predicted molar refractivity (Wildman–Crippen MR) is 75.0 cm³/mol. The van der Waals surface area contributed by atoms with Gasteiger partial charge in [0.2, 0.25) is 5.91 Å². The molecule has 5 heteroatoms. The highest BCUT2D eigenvalue weighted by molar-refractivity contribution is 6.31. The summed E-state index contributed by atoms with van der Waals surface area (Å²) in [6.45, 7) is 7.56. The molecule has 0 saturated carbocycles. The highest BCUT2D eigenvalue weighted by Crippen LogP contribution is 2.25. The highest BCUT2D eigenvalue weighted by Gasteiger charge is 2.31. The van der Waals surface area contributed by atoms with Gasteiger partial charge in [0.15, 0.2) is 0 Å². The van der Waals surface area contributed by atoms with Gasteiger partial charge in [0, 0.05) is 25.3 Å². The Balaban J connectivity index is 2.20. The molecular weight excluding hydrogens is 267 g/mol. The number of benzene rings is 1. The lowest BCUT2D eigenvalue weighted by Crippen LogP contribution is -2.55. The van der Waals surface area contributed by atoms with Crippen molar-refractivity contribution < 1.29 is 9.18 Å². The summed E-state index contributed by atoms with van der Waals surface area (Å²) < 4.78 is 13.1. The van der Waals surface area contributed by atoms with Crippen LogP contribution in [0.25, 0.3) is 0 Å². The third-order valence-corrected chi connectivity index (χ3v) is 3.65. The average molecular weight is 283 g/mol. The van der Waals surface area contributed by atoms with Gasteiger partial charge in [-0.15, -0.1) is 6.58 Å². The second-order valence-corrected chi connectivity index (χ2v) is 4.96. The van der Waals surface area contributed by atoms with Gasteiger partial charge in [-0.05, 0) is 25.1 Å². The first kappa shape index (κ1) is 14.0. The Bertz CT molecular complexity index is 506. The maximum absolute atomic E-state index is 13.1. The zero-order chi connectivity index (χ0) is 14.0. The van der Waals surface area contributed by atoms with E-state index in [1.165, 1.54) is 12.1 Å². The third-order valence-electron chi connectivity index (χ3n) is 3.36. The SMILES string of the molecule is C=CCN1CCN(c2ccc(F)c(Cl)c2)C(=O)C1C. The van der Waals surface area contributed by atoms with E-state index in [-0.39, 0.29) is 17.0 Å². The van der Waals surface area contributed by atoms with Gasteiger partial charge in [-0.2, -0.15) is 0 Å². The molecule has 0 aromatic heterocycles. The minimum atomic E-state index is -0.476. The molecule has 19 heavy (non-hydrogen) atoms. The maximum Gasteiger partial charge on any atom is 0.244 e. The molecule has 1 fully saturated rings. The maximum atomic E-state index is 13.1. The Kier molecular flexibility index (Phi) is 4.22. The molecule has 102 valence electrons. The molecule has 1 heterocycles. The van der Waals surface area contributed by atoms with Crippen molar-refractivity contribution in [2.45, 2.75) is 13.0 Å². The number of rotatable bonds is 3. The van der Waals surface area contributed by atoms with E-state index in [1.807, 2.05) is 6.92 Å². The molecule has 1 aromatic carbocycles. The molecule has 1 aliphatic rings. The number of hydrogen-bond acceptors (Lipinski definition) is 2. The average Bonchev–Trinajstić information content (AvgIpc) is 2.39. The Morgan fingerprint density at radius 1 is 1.53 bits per heavy atom. The van der Waals surface area contributed by atoms with E-state index in [4.69, 9.17) is 11.6 Å². The van der Waals surface area contributed by atoms with Crippen LogP contribution in [0.2, 0.25) is 5.02 Å². The van der Waals surface area contributed by atoms with Crippen LogP contribution < -0.4 is 4.90 Å². The van der Waals surface area contributed by atoms with Crippen molar-refractivity contribution in [2.75, 3.05) is 24.5 Å². The monoisotopic (exact) mass is 282 g/mol. The summed E-state index contributed by atoms with van der Waals surface area (Å²) in [7, 11) is 0. The molecule has 0 N–H and O–H groups in total. The molecule has 1 atom stereocenters. The number of hydrogen-bond donors (Lipinski definition) is 0. The van der Waals surface area contributed by atoms with E-state index in [0.29, 0.717) is 18.8 Å². The lowest BCUT2D eigenvalue weighted by Gasteiger charge is -2.38. The van der Waals surface area contributed by atoms with Crippen LogP contribution in [-0.4, -0.2) is 36.5 Å². The molecule has 0 spiro atoms. The number of halogens is 2. The number of carbonyl (C=O) groups is 1.